The third-order valence-corrected chi connectivity index (χ3v) is 5.84. The van der Waals surface area contributed by atoms with Gasteiger partial charge in [-0.1, -0.05) is 25.0 Å². The molecule has 3 rings (SSSR count). The number of methoxy groups -OCH3 is 1. The molecule has 0 bridgehead atoms. The van der Waals surface area contributed by atoms with Crippen molar-refractivity contribution in [3.05, 3.63) is 29.8 Å². The molecule has 0 radical (unpaired) electrons. The molecular weight excluding hydrogens is 328 g/mol. The molecule has 2 aliphatic rings. The van der Waals surface area contributed by atoms with E-state index in [0.29, 0.717) is 18.9 Å². The lowest BCUT2D eigenvalue weighted by Gasteiger charge is -2.26. The molecule has 2 atom stereocenters. The number of nitrogens with zero attached hydrogens (tertiary/aromatic N) is 2. The van der Waals surface area contributed by atoms with E-state index in [4.69, 9.17) is 4.74 Å². The first-order chi connectivity index (χ1) is 12.7. The van der Waals surface area contributed by atoms with Gasteiger partial charge >= 0.3 is 0 Å². The minimum absolute atomic E-state index is 0.148. The van der Waals surface area contributed by atoms with E-state index in [1.54, 1.807) is 7.11 Å². The number of aliphatic hydroxyl groups excluding tert-OH is 1. The normalized spacial score (nSPS) is 24.5. The molecule has 0 aliphatic carbocycles. The van der Waals surface area contributed by atoms with Gasteiger partial charge in [0, 0.05) is 32.2 Å². The van der Waals surface area contributed by atoms with E-state index in [9.17, 15) is 9.90 Å². The summed E-state index contributed by atoms with van der Waals surface area (Å²) in [6.45, 7) is 4.94. The van der Waals surface area contributed by atoms with Crippen LogP contribution in [0.3, 0.4) is 0 Å². The zero-order valence-corrected chi connectivity index (χ0v) is 15.9. The third kappa shape index (κ3) is 4.98. The number of ether oxygens (including phenoxy) is 1. The van der Waals surface area contributed by atoms with Gasteiger partial charge in [0.15, 0.2) is 0 Å². The van der Waals surface area contributed by atoms with Crippen molar-refractivity contribution >= 4 is 5.91 Å². The van der Waals surface area contributed by atoms with Gasteiger partial charge in [0.1, 0.15) is 5.75 Å². The minimum atomic E-state index is 0.148. The predicted octanol–water partition coefficient (Wildman–Crippen LogP) is 2.18. The first-order valence-electron chi connectivity index (χ1n) is 9.93. The molecule has 2 aliphatic heterocycles. The van der Waals surface area contributed by atoms with Crippen molar-refractivity contribution in [2.75, 3.05) is 46.4 Å². The Kier molecular flexibility index (Phi) is 6.92. The molecule has 2 unspecified atom stereocenters. The van der Waals surface area contributed by atoms with Gasteiger partial charge in [-0.05, 0) is 49.5 Å². The molecule has 0 spiro atoms. The van der Waals surface area contributed by atoms with E-state index in [2.05, 4.69) is 4.90 Å². The molecule has 144 valence electrons. The Balaban J connectivity index is 1.57. The highest BCUT2D eigenvalue weighted by Crippen LogP contribution is 2.26. The number of benzene rings is 1. The summed E-state index contributed by atoms with van der Waals surface area (Å²) in [7, 11) is 1.64. The predicted molar refractivity (Wildman–Crippen MR) is 102 cm³/mol. The Morgan fingerprint density at radius 1 is 1.15 bits per heavy atom. The molecule has 0 aromatic heterocycles. The molecule has 26 heavy (non-hydrogen) atoms. The second kappa shape index (κ2) is 9.38. The van der Waals surface area contributed by atoms with E-state index in [1.165, 1.54) is 25.7 Å². The maximum Gasteiger partial charge on any atom is 0.227 e. The summed E-state index contributed by atoms with van der Waals surface area (Å²) >= 11 is 0. The summed E-state index contributed by atoms with van der Waals surface area (Å²) in [5, 5.41) is 9.81. The highest BCUT2D eigenvalue weighted by atomic mass is 16.5. The lowest BCUT2D eigenvalue weighted by atomic mass is 9.96. The fourth-order valence-corrected chi connectivity index (χ4v) is 4.28. The van der Waals surface area contributed by atoms with Gasteiger partial charge in [0.05, 0.1) is 13.5 Å². The van der Waals surface area contributed by atoms with Crippen molar-refractivity contribution in [1.29, 1.82) is 0 Å². The zero-order chi connectivity index (χ0) is 18.4. The Morgan fingerprint density at radius 3 is 2.58 bits per heavy atom. The van der Waals surface area contributed by atoms with Crippen molar-refractivity contribution in [3.8, 4) is 5.75 Å². The van der Waals surface area contributed by atoms with Gasteiger partial charge in [-0.2, -0.15) is 0 Å². The molecule has 2 heterocycles. The summed E-state index contributed by atoms with van der Waals surface area (Å²) in [5.74, 6) is 1.51. The Hall–Kier alpha value is -1.59. The van der Waals surface area contributed by atoms with Gasteiger partial charge in [0.25, 0.3) is 0 Å². The van der Waals surface area contributed by atoms with E-state index >= 15 is 0 Å². The smallest absolute Gasteiger partial charge is 0.227 e. The minimum Gasteiger partial charge on any atom is -0.497 e. The third-order valence-electron chi connectivity index (χ3n) is 5.84. The van der Waals surface area contributed by atoms with Crippen LogP contribution in [-0.4, -0.2) is 67.3 Å². The van der Waals surface area contributed by atoms with Crippen molar-refractivity contribution in [2.45, 2.75) is 32.1 Å². The van der Waals surface area contributed by atoms with E-state index in [0.717, 1.165) is 37.5 Å². The molecule has 2 saturated heterocycles. The van der Waals surface area contributed by atoms with Gasteiger partial charge in [-0.15, -0.1) is 0 Å². The van der Waals surface area contributed by atoms with Crippen LogP contribution in [0.4, 0.5) is 0 Å². The number of carbonyl (C=O) groups is 1. The summed E-state index contributed by atoms with van der Waals surface area (Å²) < 4.78 is 5.24. The average Bonchev–Trinajstić information content (AvgIpc) is 2.89. The highest BCUT2D eigenvalue weighted by Gasteiger charge is 2.35. The molecule has 1 aromatic rings. The number of carbonyl (C=O) groups excluding carboxylic acids is 1. The highest BCUT2D eigenvalue weighted by molar-refractivity contribution is 5.79. The molecule has 1 amide bonds. The quantitative estimate of drug-likeness (QED) is 0.845. The Bertz CT molecular complexity index is 584. The van der Waals surface area contributed by atoms with Gasteiger partial charge in [0.2, 0.25) is 5.91 Å². The molecular formula is C21H32N2O3. The standard InChI is InChI=1S/C21H32N2O3/c1-26-20-8-6-7-17(11-20)12-21(25)23-14-18(19(15-23)16-24)13-22-9-4-2-3-5-10-22/h6-8,11,18-19,24H,2-5,9-10,12-16H2,1H3. The molecule has 2 fully saturated rings. The number of likely N-dealkylation sites (tertiary alicyclic amines) is 2. The number of amides is 1. The Morgan fingerprint density at radius 2 is 1.88 bits per heavy atom. The van der Waals surface area contributed by atoms with Gasteiger partial charge in [-0.3, -0.25) is 4.79 Å². The van der Waals surface area contributed by atoms with Crippen molar-refractivity contribution in [1.82, 2.24) is 9.80 Å². The Labute approximate surface area is 156 Å². The van der Waals surface area contributed by atoms with E-state index in [-0.39, 0.29) is 18.4 Å². The summed E-state index contributed by atoms with van der Waals surface area (Å²) in [5.41, 5.74) is 0.978. The van der Waals surface area contributed by atoms with E-state index in [1.807, 2.05) is 29.2 Å². The molecule has 1 aromatic carbocycles. The van der Waals surface area contributed by atoms with Crippen LogP contribution in [-0.2, 0) is 11.2 Å². The molecule has 1 N–H and O–H groups in total. The second-order valence-electron chi connectivity index (χ2n) is 7.74. The van der Waals surface area contributed by atoms with Crippen LogP contribution in [0.15, 0.2) is 24.3 Å². The first kappa shape index (κ1) is 19.2. The van der Waals surface area contributed by atoms with Crippen LogP contribution < -0.4 is 4.74 Å². The maximum atomic E-state index is 12.8. The van der Waals surface area contributed by atoms with Crippen molar-refractivity contribution < 1.29 is 14.6 Å². The van der Waals surface area contributed by atoms with Crippen molar-refractivity contribution in [3.63, 3.8) is 0 Å². The lowest BCUT2D eigenvalue weighted by Crippen LogP contribution is -2.35. The fourth-order valence-electron chi connectivity index (χ4n) is 4.28. The summed E-state index contributed by atoms with van der Waals surface area (Å²) in [6, 6.07) is 7.70. The van der Waals surface area contributed by atoms with Crippen LogP contribution in [0.5, 0.6) is 5.75 Å². The summed E-state index contributed by atoms with van der Waals surface area (Å²) in [4.78, 5) is 17.2. The van der Waals surface area contributed by atoms with Crippen molar-refractivity contribution in [2.24, 2.45) is 11.8 Å². The molecule has 5 nitrogen and oxygen atoms in total. The summed E-state index contributed by atoms with van der Waals surface area (Å²) in [6.07, 6.45) is 5.60. The average molecular weight is 360 g/mol. The zero-order valence-electron chi connectivity index (χ0n) is 15.9. The van der Waals surface area contributed by atoms with Gasteiger partial charge < -0.3 is 19.6 Å². The first-order valence-corrected chi connectivity index (χ1v) is 9.93. The van der Waals surface area contributed by atoms with Crippen LogP contribution in [0.1, 0.15) is 31.2 Å². The number of hydrogen-bond donors (Lipinski definition) is 1. The number of hydrogen-bond acceptors (Lipinski definition) is 4. The largest absolute Gasteiger partial charge is 0.497 e. The van der Waals surface area contributed by atoms with Crippen LogP contribution >= 0.6 is 0 Å². The lowest BCUT2D eigenvalue weighted by molar-refractivity contribution is -0.129. The second-order valence-corrected chi connectivity index (χ2v) is 7.74. The van der Waals surface area contributed by atoms with E-state index < -0.39 is 0 Å². The van der Waals surface area contributed by atoms with Crippen LogP contribution in [0.2, 0.25) is 0 Å². The van der Waals surface area contributed by atoms with Gasteiger partial charge in [-0.25, -0.2) is 0 Å². The van der Waals surface area contributed by atoms with Crippen LogP contribution in [0.25, 0.3) is 0 Å². The topological polar surface area (TPSA) is 53.0 Å². The number of aliphatic hydroxyl groups is 1. The SMILES string of the molecule is COc1cccc(CC(=O)N2CC(CO)C(CN3CCCCCC3)C2)c1. The molecule has 5 heteroatoms. The maximum absolute atomic E-state index is 12.8. The number of rotatable bonds is 6. The van der Waals surface area contributed by atoms with Crippen LogP contribution in [0, 0.1) is 11.8 Å². The fraction of sp³-hybridized carbons (Fsp3) is 0.667. The molecule has 0 saturated carbocycles. The monoisotopic (exact) mass is 360 g/mol.